The van der Waals surface area contributed by atoms with Crippen LogP contribution in [-0.2, 0) is 21.2 Å². The summed E-state index contributed by atoms with van der Waals surface area (Å²) in [6.07, 6.45) is 2.44. The second kappa shape index (κ2) is 8.56. The molecule has 0 aliphatic carbocycles. The van der Waals surface area contributed by atoms with Crippen molar-refractivity contribution in [3.8, 4) is 0 Å². The molecule has 0 saturated carbocycles. The Morgan fingerprint density at radius 3 is 2.75 bits per heavy atom. The summed E-state index contributed by atoms with van der Waals surface area (Å²) in [5.74, 6) is -0.0734. The summed E-state index contributed by atoms with van der Waals surface area (Å²) in [6.45, 7) is 2.09. The van der Waals surface area contributed by atoms with Crippen molar-refractivity contribution in [2.75, 3.05) is 25.2 Å². The van der Waals surface area contributed by atoms with Crippen LogP contribution >= 0.6 is 23.1 Å². The maximum atomic E-state index is 12.3. The van der Waals surface area contributed by atoms with Gasteiger partial charge in [-0.25, -0.2) is 22.7 Å². The highest BCUT2D eigenvalue weighted by Crippen LogP contribution is 2.31. The molecule has 0 saturated heterocycles. The molecule has 3 aromatic rings. The minimum atomic E-state index is -3.55. The molecule has 3 rings (SSSR count). The lowest BCUT2D eigenvalue weighted by atomic mass is 10.3. The van der Waals surface area contributed by atoms with E-state index < -0.39 is 10.0 Å². The molecule has 148 valence electrons. The van der Waals surface area contributed by atoms with Crippen LogP contribution in [0.4, 0.5) is 5.69 Å². The van der Waals surface area contributed by atoms with Gasteiger partial charge in [0.15, 0.2) is 0 Å². The summed E-state index contributed by atoms with van der Waals surface area (Å²) in [6, 6.07) is 8.28. The smallest absolute Gasteiger partial charge is 0.242 e. The number of nitrogens with zero attached hydrogens (tertiary/aromatic N) is 3. The summed E-state index contributed by atoms with van der Waals surface area (Å²) >= 11 is 2.96. The topological polar surface area (TPSA) is 92.3 Å². The molecule has 1 aromatic carbocycles. The van der Waals surface area contributed by atoms with E-state index in [0.717, 1.165) is 26.0 Å². The number of hydrogen-bond acceptors (Lipinski definition) is 7. The van der Waals surface area contributed by atoms with E-state index in [1.807, 2.05) is 0 Å². The molecule has 0 unspecified atom stereocenters. The van der Waals surface area contributed by atoms with Crippen LogP contribution in [0.1, 0.15) is 11.8 Å². The molecule has 1 N–H and O–H groups in total. The Morgan fingerprint density at radius 2 is 2.04 bits per heavy atom. The fourth-order valence-corrected chi connectivity index (χ4v) is 5.17. The summed E-state index contributed by atoms with van der Waals surface area (Å²) < 4.78 is 25.6. The van der Waals surface area contributed by atoms with E-state index in [4.69, 9.17) is 0 Å². The van der Waals surface area contributed by atoms with Crippen molar-refractivity contribution in [1.82, 2.24) is 14.3 Å². The molecular formula is C18H20N4O3S3. The van der Waals surface area contributed by atoms with Gasteiger partial charge in [-0.3, -0.25) is 4.79 Å². The lowest BCUT2D eigenvalue weighted by Gasteiger charge is -2.12. The monoisotopic (exact) mass is 436 g/mol. The van der Waals surface area contributed by atoms with E-state index in [1.165, 1.54) is 49.2 Å². The predicted octanol–water partition coefficient (Wildman–Crippen LogP) is 3.23. The van der Waals surface area contributed by atoms with Crippen molar-refractivity contribution in [2.45, 2.75) is 23.3 Å². The van der Waals surface area contributed by atoms with Gasteiger partial charge in [0.25, 0.3) is 0 Å². The highest BCUT2D eigenvalue weighted by atomic mass is 32.2. The number of aryl methyl sites for hydroxylation is 1. The van der Waals surface area contributed by atoms with Crippen LogP contribution in [-0.4, -0.2) is 48.4 Å². The summed E-state index contributed by atoms with van der Waals surface area (Å²) in [5.41, 5.74) is 0.435. The van der Waals surface area contributed by atoms with E-state index in [1.54, 1.807) is 23.5 Å². The molecule has 10 heteroatoms. The van der Waals surface area contributed by atoms with Crippen molar-refractivity contribution >= 4 is 54.9 Å². The molecule has 0 aliphatic rings. The molecule has 0 spiro atoms. The standard InChI is InChI=1S/C18H20N4O3S3/c1-4-13-9-15-17(19-11-20-18(15)27-13)26-10-16(23)21-12-6-5-7-14(8-12)28(24,25)22(2)3/h5-9,11H,4,10H2,1-3H3,(H,21,23). The lowest BCUT2D eigenvalue weighted by Crippen LogP contribution is -2.22. The van der Waals surface area contributed by atoms with E-state index in [0.29, 0.717) is 5.69 Å². The first-order valence-corrected chi connectivity index (χ1v) is 11.7. The third-order valence-corrected chi connectivity index (χ3v) is 7.93. The molecule has 0 radical (unpaired) electrons. The number of fused-ring (bicyclic) bond motifs is 1. The summed E-state index contributed by atoms with van der Waals surface area (Å²) in [5, 5.41) is 4.47. The van der Waals surface area contributed by atoms with E-state index >= 15 is 0 Å². The second-order valence-electron chi connectivity index (χ2n) is 6.12. The average molecular weight is 437 g/mol. The Balaban J connectivity index is 1.70. The van der Waals surface area contributed by atoms with Crippen molar-refractivity contribution in [1.29, 1.82) is 0 Å². The Morgan fingerprint density at radius 1 is 1.25 bits per heavy atom. The molecule has 0 bridgehead atoms. The minimum absolute atomic E-state index is 0.130. The first-order chi connectivity index (χ1) is 13.3. The normalized spacial score (nSPS) is 11.9. The van der Waals surface area contributed by atoms with Crippen molar-refractivity contribution < 1.29 is 13.2 Å². The van der Waals surface area contributed by atoms with Crippen molar-refractivity contribution in [2.24, 2.45) is 0 Å². The Hall–Kier alpha value is -2.01. The molecule has 0 fully saturated rings. The number of carbonyl (C=O) groups is 1. The van der Waals surface area contributed by atoms with Crippen LogP contribution in [0.25, 0.3) is 10.2 Å². The quantitative estimate of drug-likeness (QED) is 0.452. The third kappa shape index (κ3) is 4.52. The van der Waals surface area contributed by atoms with Gasteiger partial charge >= 0.3 is 0 Å². The molecule has 28 heavy (non-hydrogen) atoms. The number of sulfonamides is 1. The maximum Gasteiger partial charge on any atom is 0.242 e. The molecule has 2 heterocycles. The van der Waals surface area contributed by atoms with Gasteiger partial charge in [0, 0.05) is 30.0 Å². The van der Waals surface area contributed by atoms with Gasteiger partial charge in [0.1, 0.15) is 16.2 Å². The largest absolute Gasteiger partial charge is 0.325 e. The van der Waals surface area contributed by atoms with Gasteiger partial charge in [-0.2, -0.15) is 0 Å². The Bertz CT molecular complexity index is 1110. The number of benzene rings is 1. The van der Waals surface area contributed by atoms with E-state index in [2.05, 4.69) is 28.3 Å². The zero-order chi connectivity index (χ0) is 20.3. The van der Waals surface area contributed by atoms with Gasteiger partial charge in [-0.1, -0.05) is 24.8 Å². The zero-order valence-electron chi connectivity index (χ0n) is 15.7. The molecular weight excluding hydrogens is 416 g/mol. The number of rotatable bonds is 7. The molecule has 2 aromatic heterocycles. The molecule has 7 nitrogen and oxygen atoms in total. The number of nitrogens with one attached hydrogen (secondary N) is 1. The van der Waals surface area contributed by atoms with E-state index in [-0.39, 0.29) is 16.6 Å². The number of anilines is 1. The number of thiophene rings is 1. The van der Waals surface area contributed by atoms with Crippen LogP contribution in [0.5, 0.6) is 0 Å². The van der Waals surface area contributed by atoms with Gasteiger partial charge in [0.2, 0.25) is 15.9 Å². The van der Waals surface area contributed by atoms with Crippen LogP contribution in [0.2, 0.25) is 0 Å². The first kappa shape index (κ1) is 20.7. The maximum absolute atomic E-state index is 12.3. The number of thioether (sulfide) groups is 1. The second-order valence-corrected chi connectivity index (χ2v) is 10.3. The Kier molecular flexibility index (Phi) is 6.33. The number of amides is 1. The van der Waals surface area contributed by atoms with Crippen molar-refractivity contribution in [3.63, 3.8) is 0 Å². The number of carbonyl (C=O) groups excluding carboxylic acids is 1. The summed E-state index contributed by atoms with van der Waals surface area (Å²) in [4.78, 5) is 23.2. The SMILES string of the molecule is CCc1cc2c(SCC(=O)Nc3cccc(S(=O)(=O)N(C)C)c3)ncnc2s1. The van der Waals surface area contributed by atoms with Crippen molar-refractivity contribution in [3.05, 3.63) is 41.5 Å². The third-order valence-electron chi connectivity index (χ3n) is 3.93. The van der Waals surface area contributed by atoms with Gasteiger partial charge in [-0.15, -0.1) is 11.3 Å². The fraction of sp³-hybridized carbons (Fsp3) is 0.278. The first-order valence-electron chi connectivity index (χ1n) is 8.50. The number of aromatic nitrogens is 2. The minimum Gasteiger partial charge on any atom is -0.325 e. The summed E-state index contributed by atoms with van der Waals surface area (Å²) in [7, 11) is -0.621. The van der Waals surface area contributed by atoms with Gasteiger partial charge in [-0.05, 0) is 30.7 Å². The highest BCUT2D eigenvalue weighted by molar-refractivity contribution is 8.00. The van der Waals surface area contributed by atoms with Crippen LogP contribution in [0, 0.1) is 0 Å². The van der Waals surface area contributed by atoms with Gasteiger partial charge < -0.3 is 5.32 Å². The Labute approximate surface area is 172 Å². The molecule has 0 atom stereocenters. The average Bonchev–Trinajstić information content (AvgIpc) is 3.10. The van der Waals surface area contributed by atoms with Crippen LogP contribution < -0.4 is 5.32 Å². The molecule has 0 aliphatic heterocycles. The van der Waals surface area contributed by atoms with Gasteiger partial charge in [0.05, 0.1) is 10.6 Å². The highest BCUT2D eigenvalue weighted by Gasteiger charge is 2.18. The van der Waals surface area contributed by atoms with Crippen LogP contribution in [0.15, 0.2) is 46.6 Å². The fourth-order valence-electron chi connectivity index (χ4n) is 2.45. The van der Waals surface area contributed by atoms with Crippen LogP contribution in [0.3, 0.4) is 0 Å². The van der Waals surface area contributed by atoms with E-state index in [9.17, 15) is 13.2 Å². The lowest BCUT2D eigenvalue weighted by molar-refractivity contribution is -0.113. The number of hydrogen-bond donors (Lipinski definition) is 1. The zero-order valence-corrected chi connectivity index (χ0v) is 18.1. The molecule has 1 amide bonds. The predicted molar refractivity (Wildman–Crippen MR) is 113 cm³/mol.